The van der Waals surface area contributed by atoms with Crippen LogP contribution in [0.15, 0.2) is 18.2 Å². The molecule has 116 valence electrons. The first-order valence-corrected chi connectivity index (χ1v) is 9.31. The molecular formula is C18H27NOS. The minimum absolute atomic E-state index is 0.501. The van der Waals surface area contributed by atoms with Gasteiger partial charge >= 0.3 is 0 Å². The average molecular weight is 305 g/mol. The summed E-state index contributed by atoms with van der Waals surface area (Å²) in [6.07, 6.45) is 8.09. The molecule has 0 bridgehead atoms. The molecule has 0 radical (unpaired) electrons. The highest BCUT2D eigenvalue weighted by Crippen LogP contribution is 2.44. The van der Waals surface area contributed by atoms with Crippen molar-refractivity contribution in [2.24, 2.45) is 0 Å². The molecule has 0 aliphatic heterocycles. The molecule has 2 atom stereocenters. The molecule has 0 amide bonds. The summed E-state index contributed by atoms with van der Waals surface area (Å²) in [5.74, 6) is 0.989. The van der Waals surface area contributed by atoms with Gasteiger partial charge in [-0.1, -0.05) is 25.8 Å². The van der Waals surface area contributed by atoms with E-state index in [1.54, 1.807) is 7.11 Å². The Morgan fingerprint density at radius 1 is 1.29 bits per heavy atom. The van der Waals surface area contributed by atoms with E-state index < -0.39 is 0 Å². The molecule has 3 heteroatoms. The van der Waals surface area contributed by atoms with E-state index >= 15 is 0 Å². The van der Waals surface area contributed by atoms with Crippen LogP contribution < -0.4 is 10.1 Å². The molecule has 2 aliphatic rings. The number of fused-ring (bicyclic) bond motifs is 1. The van der Waals surface area contributed by atoms with E-state index in [1.807, 2.05) is 0 Å². The highest BCUT2D eigenvalue weighted by molar-refractivity contribution is 8.00. The summed E-state index contributed by atoms with van der Waals surface area (Å²) in [5.41, 5.74) is 2.98. The van der Waals surface area contributed by atoms with Gasteiger partial charge in [0.1, 0.15) is 5.75 Å². The molecule has 1 aromatic rings. The summed E-state index contributed by atoms with van der Waals surface area (Å²) in [6, 6.07) is 7.13. The minimum atomic E-state index is 0.501. The van der Waals surface area contributed by atoms with E-state index in [0.717, 1.165) is 17.5 Å². The normalized spacial score (nSPS) is 25.2. The molecule has 1 N–H and O–H groups in total. The van der Waals surface area contributed by atoms with Crippen LogP contribution in [0, 0.1) is 0 Å². The Bertz CT molecular complexity index is 470. The molecule has 1 saturated carbocycles. The van der Waals surface area contributed by atoms with Crippen molar-refractivity contribution in [3.05, 3.63) is 29.3 Å². The quantitative estimate of drug-likeness (QED) is 0.845. The molecular weight excluding hydrogens is 278 g/mol. The van der Waals surface area contributed by atoms with Gasteiger partial charge in [0.05, 0.1) is 7.11 Å². The minimum Gasteiger partial charge on any atom is -0.497 e. The molecule has 1 aromatic carbocycles. The molecule has 3 rings (SSSR count). The number of nitrogens with one attached hydrogen (secondary N) is 1. The Kier molecular flexibility index (Phi) is 5.12. The summed E-state index contributed by atoms with van der Waals surface area (Å²) in [4.78, 5) is 0. The van der Waals surface area contributed by atoms with Crippen LogP contribution in [0.3, 0.4) is 0 Å². The van der Waals surface area contributed by atoms with E-state index in [9.17, 15) is 0 Å². The van der Waals surface area contributed by atoms with Gasteiger partial charge in [0, 0.05) is 16.5 Å². The number of hydrogen-bond acceptors (Lipinski definition) is 3. The number of rotatable bonds is 6. The van der Waals surface area contributed by atoms with Gasteiger partial charge in [0.2, 0.25) is 0 Å². The maximum Gasteiger partial charge on any atom is 0.119 e. The van der Waals surface area contributed by atoms with Crippen molar-refractivity contribution in [1.29, 1.82) is 0 Å². The van der Waals surface area contributed by atoms with Crippen LogP contribution in [0.1, 0.15) is 56.2 Å². The topological polar surface area (TPSA) is 21.3 Å². The van der Waals surface area contributed by atoms with Gasteiger partial charge in [-0.2, -0.15) is 11.8 Å². The summed E-state index contributed by atoms with van der Waals surface area (Å²) in [7, 11) is 1.76. The zero-order chi connectivity index (χ0) is 14.7. The molecule has 0 saturated heterocycles. The van der Waals surface area contributed by atoms with Crippen LogP contribution in [-0.4, -0.2) is 24.2 Å². The SMILES string of the molecule is CCCNC1c2cc(OC)ccc2CC1SC1CCCC1. The van der Waals surface area contributed by atoms with Gasteiger partial charge in [-0.25, -0.2) is 0 Å². The van der Waals surface area contributed by atoms with Gasteiger partial charge in [-0.3, -0.25) is 0 Å². The lowest BCUT2D eigenvalue weighted by atomic mass is 10.1. The van der Waals surface area contributed by atoms with Crippen molar-refractivity contribution in [3.8, 4) is 5.75 Å². The zero-order valence-electron chi connectivity index (χ0n) is 13.2. The summed E-state index contributed by atoms with van der Waals surface area (Å²) in [6.45, 7) is 3.34. The van der Waals surface area contributed by atoms with Crippen molar-refractivity contribution in [1.82, 2.24) is 5.32 Å². The second-order valence-electron chi connectivity index (χ2n) is 6.28. The van der Waals surface area contributed by atoms with Gasteiger partial charge in [0.25, 0.3) is 0 Å². The molecule has 1 fully saturated rings. The smallest absolute Gasteiger partial charge is 0.119 e. The predicted molar refractivity (Wildman–Crippen MR) is 91.4 cm³/mol. The standard InChI is InChI=1S/C18H27NOS/c1-3-10-19-18-16-12-14(20-2)9-8-13(16)11-17(18)21-15-6-4-5-7-15/h8-9,12,15,17-19H,3-7,10-11H2,1-2H3. The van der Waals surface area contributed by atoms with Crippen molar-refractivity contribution in [3.63, 3.8) is 0 Å². The zero-order valence-corrected chi connectivity index (χ0v) is 14.0. The van der Waals surface area contributed by atoms with Crippen LogP contribution in [-0.2, 0) is 6.42 Å². The number of benzene rings is 1. The van der Waals surface area contributed by atoms with E-state index in [0.29, 0.717) is 11.3 Å². The number of hydrogen-bond donors (Lipinski definition) is 1. The first kappa shape index (κ1) is 15.2. The lowest BCUT2D eigenvalue weighted by Gasteiger charge is -2.24. The van der Waals surface area contributed by atoms with Crippen LogP contribution in [0.4, 0.5) is 0 Å². The van der Waals surface area contributed by atoms with Crippen molar-refractivity contribution in [2.45, 2.75) is 62.0 Å². The maximum atomic E-state index is 5.43. The molecule has 2 aliphatic carbocycles. The number of thioether (sulfide) groups is 1. The molecule has 0 aromatic heterocycles. The van der Waals surface area contributed by atoms with Crippen LogP contribution >= 0.6 is 11.8 Å². The second-order valence-corrected chi connectivity index (χ2v) is 7.83. The Morgan fingerprint density at radius 2 is 2.10 bits per heavy atom. The van der Waals surface area contributed by atoms with E-state index in [2.05, 4.69) is 42.2 Å². The van der Waals surface area contributed by atoms with Crippen LogP contribution in [0.5, 0.6) is 5.75 Å². The highest BCUT2D eigenvalue weighted by Gasteiger charge is 2.34. The molecule has 21 heavy (non-hydrogen) atoms. The van der Waals surface area contributed by atoms with E-state index in [4.69, 9.17) is 4.74 Å². The van der Waals surface area contributed by atoms with Crippen LogP contribution in [0.2, 0.25) is 0 Å². The summed E-state index contributed by atoms with van der Waals surface area (Å²) >= 11 is 2.24. The third-order valence-corrected chi connectivity index (χ3v) is 6.41. The third-order valence-electron chi connectivity index (χ3n) is 4.76. The van der Waals surface area contributed by atoms with Gasteiger partial charge in [-0.15, -0.1) is 0 Å². The van der Waals surface area contributed by atoms with Gasteiger partial charge in [0.15, 0.2) is 0 Å². The summed E-state index contributed by atoms with van der Waals surface area (Å²) < 4.78 is 5.43. The van der Waals surface area contributed by atoms with Gasteiger partial charge < -0.3 is 10.1 Å². The maximum absolute atomic E-state index is 5.43. The average Bonchev–Trinajstić information content (AvgIpc) is 3.12. The lowest BCUT2D eigenvalue weighted by molar-refractivity contribution is 0.413. The fourth-order valence-electron chi connectivity index (χ4n) is 3.65. The molecule has 0 heterocycles. The second kappa shape index (κ2) is 7.06. The number of ether oxygens (including phenoxy) is 1. The first-order chi connectivity index (χ1) is 10.3. The van der Waals surface area contributed by atoms with Gasteiger partial charge in [-0.05, 0) is 55.5 Å². The van der Waals surface area contributed by atoms with Crippen molar-refractivity contribution < 1.29 is 4.74 Å². The Balaban J connectivity index is 1.77. The highest BCUT2D eigenvalue weighted by atomic mass is 32.2. The van der Waals surface area contributed by atoms with Crippen LogP contribution in [0.25, 0.3) is 0 Å². The first-order valence-electron chi connectivity index (χ1n) is 8.37. The Morgan fingerprint density at radius 3 is 2.81 bits per heavy atom. The fourth-order valence-corrected chi connectivity index (χ4v) is 5.43. The summed E-state index contributed by atoms with van der Waals surface area (Å²) in [5, 5.41) is 5.37. The van der Waals surface area contributed by atoms with Crippen molar-refractivity contribution in [2.75, 3.05) is 13.7 Å². The molecule has 2 unspecified atom stereocenters. The number of methoxy groups -OCH3 is 1. The molecule has 0 spiro atoms. The van der Waals surface area contributed by atoms with E-state index in [-0.39, 0.29) is 0 Å². The molecule has 2 nitrogen and oxygen atoms in total. The lowest BCUT2D eigenvalue weighted by Crippen LogP contribution is -2.28. The predicted octanol–water partition coefficient (Wildman–Crippen LogP) is 4.34. The van der Waals surface area contributed by atoms with Crippen molar-refractivity contribution >= 4 is 11.8 Å². The monoisotopic (exact) mass is 305 g/mol. The third kappa shape index (κ3) is 3.40. The Hall–Kier alpha value is -0.670. The van der Waals surface area contributed by atoms with E-state index in [1.165, 1.54) is 49.7 Å². The largest absolute Gasteiger partial charge is 0.497 e. The Labute approximate surface area is 133 Å². The fraction of sp³-hybridized carbons (Fsp3) is 0.667.